The van der Waals surface area contributed by atoms with Gasteiger partial charge < -0.3 is 10.2 Å². The molecule has 2 aliphatic rings. The van der Waals surface area contributed by atoms with Crippen LogP contribution in [0.15, 0.2) is 30.7 Å². The first kappa shape index (κ1) is 15.1. The third-order valence-electron chi connectivity index (χ3n) is 5.31. The number of nitrogens with one attached hydrogen (secondary N) is 1. The van der Waals surface area contributed by atoms with Crippen molar-refractivity contribution in [3.63, 3.8) is 0 Å². The summed E-state index contributed by atoms with van der Waals surface area (Å²) in [6.07, 6.45) is 9.44. The summed E-state index contributed by atoms with van der Waals surface area (Å²) in [5.41, 5.74) is 1.49. The Kier molecular flexibility index (Phi) is 3.77. The highest BCUT2D eigenvalue weighted by atomic mass is 32.1. The zero-order valence-corrected chi connectivity index (χ0v) is 14.9. The zero-order chi connectivity index (χ0) is 16.6. The molecule has 1 N–H and O–H groups in total. The lowest BCUT2D eigenvalue weighted by Gasteiger charge is -2.33. The van der Waals surface area contributed by atoms with Gasteiger partial charge in [-0.1, -0.05) is 6.07 Å². The average Bonchev–Trinajstić information content (AvgIpc) is 3.24. The van der Waals surface area contributed by atoms with Crippen LogP contribution in [0.3, 0.4) is 0 Å². The number of aromatic nitrogens is 3. The third-order valence-corrected chi connectivity index (χ3v) is 6.51. The van der Waals surface area contributed by atoms with Gasteiger partial charge in [0.15, 0.2) is 0 Å². The molecule has 4 heterocycles. The van der Waals surface area contributed by atoms with E-state index < -0.39 is 0 Å². The molecule has 0 amide bonds. The summed E-state index contributed by atoms with van der Waals surface area (Å²) in [6, 6.07) is 6.59. The van der Waals surface area contributed by atoms with Gasteiger partial charge in [0.05, 0.1) is 5.39 Å². The summed E-state index contributed by atoms with van der Waals surface area (Å²) < 4.78 is 0. The quantitative estimate of drug-likeness (QED) is 0.780. The van der Waals surface area contributed by atoms with Crippen LogP contribution in [0.5, 0.6) is 0 Å². The SMILES string of the molecule is c1ccc(N2CCC(Nc3ncnc4sc5c(c34)CCC5)CC2)nc1. The van der Waals surface area contributed by atoms with Crippen LogP contribution in [0.4, 0.5) is 11.6 Å². The van der Waals surface area contributed by atoms with E-state index in [1.54, 1.807) is 6.33 Å². The summed E-state index contributed by atoms with van der Waals surface area (Å²) in [4.78, 5) is 18.6. The summed E-state index contributed by atoms with van der Waals surface area (Å²) in [5.74, 6) is 2.13. The molecule has 1 aliphatic carbocycles. The number of pyridine rings is 1. The molecule has 1 saturated heterocycles. The highest BCUT2D eigenvalue weighted by Gasteiger charge is 2.24. The molecule has 0 aromatic carbocycles. The second-order valence-electron chi connectivity index (χ2n) is 6.85. The second kappa shape index (κ2) is 6.26. The first-order chi connectivity index (χ1) is 12.4. The molecule has 0 radical (unpaired) electrons. The molecule has 5 nitrogen and oxygen atoms in total. The molecule has 25 heavy (non-hydrogen) atoms. The molecule has 3 aromatic rings. The molecule has 0 saturated carbocycles. The highest BCUT2D eigenvalue weighted by Crippen LogP contribution is 2.39. The lowest BCUT2D eigenvalue weighted by Crippen LogP contribution is -2.39. The number of thiophene rings is 1. The maximum atomic E-state index is 4.59. The fraction of sp³-hybridized carbons (Fsp3) is 0.421. The summed E-state index contributed by atoms with van der Waals surface area (Å²) in [7, 11) is 0. The van der Waals surface area contributed by atoms with Crippen molar-refractivity contribution in [1.82, 2.24) is 15.0 Å². The summed E-state index contributed by atoms with van der Waals surface area (Å²) >= 11 is 1.85. The molecular weight excluding hydrogens is 330 g/mol. The fourth-order valence-corrected chi connectivity index (χ4v) is 5.25. The molecule has 0 unspecified atom stereocenters. The van der Waals surface area contributed by atoms with Gasteiger partial charge in [-0.25, -0.2) is 15.0 Å². The Morgan fingerprint density at radius 2 is 2.00 bits per heavy atom. The number of hydrogen-bond donors (Lipinski definition) is 1. The molecule has 3 aromatic heterocycles. The van der Waals surface area contributed by atoms with E-state index >= 15 is 0 Å². The van der Waals surface area contributed by atoms with E-state index in [4.69, 9.17) is 0 Å². The lowest BCUT2D eigenvalue weighted by molar-refractivity contribution is 0.523. The maximum Gasteiger partial charge on any atom is 0.138 e. The topological polar surface area (TPSA) is 53.9 Å². The van der Waals surface area contributed by atoms with Crippen LogP contribution in [-0.4, -0.2) is 34.1 Å². The Morgan fingerprint density at radius 1 is 1.08 bits per heavy atom. The zero-order valence-electron chi connectivity index (χ0n) is 14.1. The van der Waals surface area contributed by atoms with Crippen molar-refractivity contribution in [3.8, 4) is 0 Å². The minimum absolute atomic E-state index is 0.468. The summed E-state index contributed by atoms with van der Waals surface area (Å²) in [6.45, 7) is 2.06. The fourth-order valence-electron chi connectivity index (χ4n) is 4.03. The van der Waals surface area contributed by atoms with Crippen molar-refractivity contribution in [1.29, 1.82) is 0 Å². The molecule has 0 spiro atoms. The van der Waals surface area contributed by atoms with E-state index in [2.05, 4.69) is 37.3 Å². The van der Waals surface area contributed by atoms with Crippen molar-refractivity contribution >= 4 is 33.2 Å². The number of rotatable bonds is 3. The molecule has 0 atom stereocenters. The molecule has 128 valence electrons. The van der Waals surface area contributed by atoms with Crippen molar-refractivity contribution in [3.05, 3.63) is 41.2 Å². The van der Waals surface area contributed by atoms with Gasteiger partial charge in [-0.15, -0.1) is 11.3 Å². The Labute approximate surface area is 151 Å². The van der Waals surface area contributed by atoms with Crippen LogP contribution >= 0.6 is 11.3 Å². The van der Waals surface area contributed by atoms with E-state index in [1.165, 1.54) is 35.1 Å². The van der Waals surface area contributed by atoms with Crippen LogP contribution in [0.2, 0.25) is 0 Å². The number of nitrogens with zero attached hydrogens (tertiary/aromatic N) is 4. The molecule has 5 rings (SSSR count). The van der Waals surface area contributed by atoms with E-state index in [0.717, 1.165) is 42.4 Å². The third kappa shape index (κ3) is 2.74. The lowest BCUT2D eigenvalue weighted by atomic mass is 10.0. The minimum atomic E-state index is 0.468. The van der Waals surface area contributed by atoms with Crippen molar-refractivity contribution in [2.75, 3.05) is 23.3 Å². The van der Waals surface area contributed by atoms with Crippen LogP contribution in [0, 0.1) is 0 Å². The Bertz CT molecular complexity index is 883. The van der Waals surface area contributed by atoms with E-state index in [-0.39, 0.29) is 0 Å². The first-order valence-electron chi connectivity index (χ1n) is 9.06. The van der Waals surface area contributed by atoms with Crippen LogP contribution < -0.4 is 10.2 Å². The van der Waals surface area contributed by atoms with Crippen LogP contribution in [-0.2, 0) is 12.8 Å². The smallest absolute Gasteiger partial charge is 0.138 e. The number of aryl methyl sites for hydroxylation is 2. The minimum Gasteiger partial charge on any atom is -0.367 e. The Morgan fingerprint density at radius 3 is 2.84 bits per heavy atom. The van der Waals surface area contributed by atoms with Crippen LogP contribution in [0.25, 0.3) is 10.2 Å². The number of hydrogen-bond acceptors (Lipinski definition) is 6. The van der Waals surface area contributed by atoms with Gasteiger partial charge in [0.1, 0.15) is 22.8 Å². The Hall–Kier alpha value is -2.21. The van der Waals surface area contributed by atoms with E-state index in [1.807, 2.05) is 23.6 Å². The van der Waals surface area contributed by atoms with Gasteiger partial charge >= 0.3 is 0 Å². The maximum absolute atomic E-state index is 4.59. The van der Waals surface area contributed by atoms with Gasteiger partial charge in [0, 0.05) is 30.2 Å². The van der Waals surface area contributed by atoms with Crippen molar-refractivity contribution in [2.45, 2.75) is 38.1 Å². The summed E-state index contributed by atoms with van der Waals surface area (Å²) in [5, 5.41) is 5.00. The van der Waals surface area contributed by atoms with E-state index in [0.29, 0.717) is 6.04 Å². The number of piperidine rings is 1. The Balaban J connectivity index is 1.33. The number of anilines is 2. The van der Waals surface area contributed by atoms with Gasteiger partial charge in [0.2, 0.25) is 0 Å². The van der Waals surface area contributed by atoms with E-state index in [9.17, 15) is 0 Å². The average molecular weight is 351 g/mol. The molecular formula is C19H21N5S. The molecule has 0 bridgehead atoms. The van der Waals surface area contributed by atoms with Gasteiger partial charge in [-0.2, -0.15) is 0 Å². The monoisotopic (exact) mass is 351 g/mol. The van der Waals surface area contributed by atoms with Crippen molar-refractivity contribution in [2.24, 2.45) is 0 Å². The predicted molar refractivity (Wildman–Crippen MR) is 103 cm³/mol. The normalized spacial score (nSPS) is 17.8. The van der Waals surface area contributed by atoms with Crippen molar-refractivity contribution < 1.29 is 0 Å². The van der Waals surface area contributed by atoms with Gasteiger partial charge in [-0.05, 0) is 49.8 Å². The first-order valence-corrected chi connectivity index (χ1v) is 9.88. The number of fused-ring (bicyclic) bond motifs is 3. The van der Waals surface area contributed by atoms with Gasteiger partial charge in [-0.3, -0.25) is 0 Å². The predicted octanol–water partition coefficient (Wildman–Crippen LogP) is 3.66. The molecule has 1 aliphatic heterocycles. The standard InChI is InChI=1S/C19H21N5S/c1-2-9-20-16(6-1)24-10-7-13(8-11-24)23-18-17-14-4-3-5-15(14)25-19(17)22-12-21-18/h1-2,6,9,12-13H,3-5,7-8,10-11H2,(H,21,22,23). The molecule has 1 fully saturated rings. The second-order valence-corrected chi connectivity index (χ2v) is 7.94. The largest absolute Gasteiger partial charge is 0.367 e. The molecule has 6 heteroatoms. The van der Waals surface area contributed by atoms with Crippen LogP contribution in [0.1, 0.15) is 29.7 Å². The van der Waals surface area contributed by atoms with Gasteiger partial charge in [0.25, 0.3) is 0 Å². The highest BCUT2D eigenvalue weighted by molar-refractivity contribution is 7.19.